The molecule has 0 amide bonds. The first kappa shape index (κ1) is 12.6. The zero-order valence-corrected chi connectivity index (χ0v) is 12.2. The van der Waals surface area contributed by atoms with Crippen molar-refractivity contribution in [2.45, 2.75) is 26.4 Å². The van der Waals surface area contributed by atoms with Crippen molar-refractivity contribution < 1.29 is 0 Å². The SMILES string of the molecule is CC(C)NCc1ccn(-c2cccc(I)c2)n1. The first-order chi connectivity index (χ1) is 8.15. The number of nitrogens with zero attached hydrogens (tertiary/aromatic N) is 2. The van der Waals surface area contributed by atoms with Crippen LogP contribution in [0.1, 0.15) is 19.5 Å². The minimum absolute atomic E-state index is 0.484. The fourth-order valence-corrected chi connectivity index (χ4v) is 2.05. The van der Waals surface area contributed by atoms with Gasteiger partial charge in [0.05, 0.1) is 11.4 Å². The lowest BCUT2D eigenvalue weighted by Gasteiger charge is -2.05. The largest absolute Gasteiger partial charge is 0.309 e. The molecule has 3 nitrogen and oxygen atoms in total. The van der Waals surface area contributed by atoms with E-state index >= 15 is 0 Å². The smallest absolute Gasteiger partial charge is 0.0766 e. The van der Waals surface area contributed by atoms with E-state index in [0.29, 0.717) is 6.04 Å². The highest BCUT2D eigenvalue weighted by molar-refractivity contribution is 14.1. The van der Waals surface area contributed by atoms with Crippen LogP contribution in [0.15, 0.2) is 36.5 Å². The number of rotatable bonds is 4. The summed E-state index contributed by atoms with van der Waals surface area (Å²) in [6, 6.07) is 10.8. The average Bonchev–Trinajstić information content (AvgIpc) is 2.75. The molecule has 0 aliphatic carbocycles. The number of halogens is 1. The number of aromatic nitrogens is 2. The van der Waals surface area contributed by atoms with Gasteiger partial charge in [-0.3, -0.25) is 0 Å². The van der Waals surface area contributed by atoms with Crippen LogP contribution in [0.2, 0.25) is 0 Å². The Morgan fingerprint density at radius 3 is 2.88 bits per heavy atom. The summed E-state index contributed by atoms with van der Waals surface area (Å²) in [6.07, 6.45) is 2.00. The molecule has 1 N–H and O–H groups in total. The van der Waals surface area contributed by atoms with E-state index in [4.69, 9.17) is 0 Å². The van der Waals surface area contributed by atoms with Crippen molar-refractivity contribution in [1.29, 1.82) is 0 Å². The molecule has 0 saturated carbocycles. The van der Waals surface area contributed by atoms with Gasteiger partial charge < -0.3 is 5.32 Å². The van der Waals surface area contributed by atoms with Crippen LogP contribution in [0.3, 0.4) is 0 Å². The summed E-state index contributed by atoms with van der Waals surface area (Å²) in [6.45, 7) is 5.09. The molecule has 0 atom stereocenters. The lowest BCUT2D eigenvalue weighted by atomic mass is 10.3. The van der Waals surface area contributed by atoms with Crippen LogP contribution in [0.5, 0.6) is 0 Å². The summed E-state index contributed by atoms with van der Waals surface area (Å²) < 4.78 is 3.14. The maximum atomic E-state index is 4.54. The van der Waals surface area contributed by atoms with Crippen LogP contribution in [0.25, 0.3) is 5.69 Å². The molecule has 1 aromatic heterocycles. The topological polar surface area (TPSA) is 29.9 Å². The molecule has 2 rings (SSSR count). The van der Waals surface area contributed by atoms with E-state index in [9.17, 15) is 0 Å². The number of hydrogen-bond acceptors (Lipinski definition) is 2. The Labute approximate surface area is 115 Å². The lowest BCUT2D eigenvalue weighted by molar-refractivity contribution is 0.578. The molecule has 0 radical (unpaired) electrons. The molecule has 0 bridgehead atoms. The van der Waals surface area contributed by atoms with E-state index in [1.54, 1.807) is 0 Å². The Bertz CT molecular complexity index is 491. The highest BCUT2D eigenvalue weighted by atomic mass is 127. The minimum atomic E-state index is 0.484. The minimum Gasteiger partial charge on any atom is -0.309 e. The van der Waals surface area contributed by atoms with Crippen molar-refractivity contribution in [3.8, 4) is 5.69 Å². The van der Waals surface area contributed by atoms with Gasteiger partial charge in [0, 0.05) is 22.4 Å². The molecular weight excluding hydrogens is 325 g/mol. The quantitative estimate of drug-likeness (QED) is 0.867. The van der Waals surface area contributed by atoms with E-state index in [2.05, 4.69) is 71.1 Å². The third kappa shape index (κ3) is 3.54. The second-order valence-electron chi connectivity index (χ2n) is 4.27. The maximum absolute atomic E-state index is 4.54. The molecule has 2 aromatic rings. The van der Waals surface area contributed by atoms with Crippen LogP contribution < -0.4 is 5.32 Å². The summed E-state index contributed by atoms with van der Waals surface area (Å²) in [4.78, 5) is 0. The number of benzene rings is 1. The average molecular weight is 341 g/mol. The highest BCUT2D eigenvalue weighted by Crippen LogP contribution is 2.12. The summed E-state index contributed by atoms with van der Waals surface area (Å²) in [7, 11) is 0. The van der Waals surface area contributed by atoms with Gasteiger partial charge in [0.2, 0.25) is 0 Å². The predicted octanol–water partition coefficient (Wildman–Crippen LogP) is 2.97. The third-order valence-electron chi connectivity index (χ3n) is 2.41. The second kappa shape index (κ2) is 5.64. The Morgan fingerprint density at radius 2 is 2.18 bits per heavy atom. The standard InChI is InChI=1S/C13H16IN3/c1-10(2)15-9-12-6-7-17(16-12)13-5-3-4-11(14)8-13/h3-8,10,15H,9H2,1-2H3. The van der Waals surface area contributed by atoms with Crippen molar-refractivity contribution >= 4 is 22.6 Å². The lowest BCUT2D eigenvalue weighted by Crippen LogP contribution is -2.22. The van der Waals surface area contributed by atoms with Crippen molar-refractivity contribution in [3.63, 3.8) is 0 Å². The van der Waals surface area contributed by atoms with Gasteiger partial charge in [0.25, 0.3) is 0 Å². The molecule has 0 fully saturated rings. The first-order valence-corrected chi connectivity index (χ1v) is 6.77. The van der Waals surface area contributed by atoms with Crippen LogP contribution in [-0.4, -0.2) is 15.8 Å². The molecule has 4 heteroatoms. The van der Waals surface area contributed by atoms with E-state index in [0.717, 1.165) is 17.9 Å². The molecule has 0 saturated heterocycles. The Balaban J connectivity index is 2.12. The summed E-state index contributed by atoms with van der Waals surface area (Å²) >= 11 is 2.31. The van der Waals surface area contributed by atoms with E-state index in [1.807, 2.05) is 16.9 Å². The third-order valence-corrected chi connectivity index (χ3v) is 3.08. The van der Waals surface area contributed by atoms with Gasteiger partial charge in [-0.2, -0.15) is 5.10 Å². The second-order valence-corrected chi connectivity index (χ2v) is 5.51. The molecule has 1 aromatic carbocycles. The number of nitrogens with one attached hydrogen (secondary N) is 1. The summed E-state index contributed by atoms with van der Waals surface area (Å²) in [5.74, 6) is 0. The van der Waals surface area contributed by atoms with Gasteiger partial charge in [0.15, 0.2) is 0 Å². The molecular formula is C13H16IN3. The highest BCUT2D eigenvalue weighted by Gasteiger charge is 2.02. The van der Waals surface area contributed by atoms with E-state index < -0.39 is 0 Å². The molecule has 0 unspecified atom stereocenters. The normalized spacial score (nSPS) is 11.1. The van der Waals surface area contributed by atoms with Crippen LogP contribution in [-0.2, 0) is 6.54 Å². The molecule has 0 spiro atoms. The van der Waals surface area contributed by atoms with Crippen molar-refractivity contribution in [2.75, 3.05) is 0 Å². The zero-order valence-electron chi connectivity index (χ0n) is 10.0. The first-order valence-electron chi connectivity index (χ1n) is 5.69. The van der Waals surface area contributed by atoms with Crippen molar-refractivity contribution in [1.82, 2.24) is 15.1 Å². The number of hydrogen-bond donors (Lipinski definition) is 1. The maximum Gasteiger partial charge on any atom is 0.0766 e. The van der Waals surface area contributed by atoms with Crippen LogP contribution in [0.4, 0.5) is 0 Å². The van der Waals surface area contributed by atoms with Crippen LogP contribution in [0, 0.1) is 3.57 Å². The Hall–Kier alpha value is -0.880. The Kier molecular flexibility index (Phi) is 4.17. The molecule has 0 aliphatic heterocycles. The fourth-order valence-electron chi connectivity index (χ4n) is 1.53. The van der Waals surface area contributed by atoms with Crippen molar-refractivity contribution in [3.05, 3.63) is 45.8 Å². The molecule has 17 heavy (non-hydrogen) atoms. The Morgan fingerprint density at radius 1 is 1.35 bits per heavy atom. The fraction of sp³-hybridized carbons (Fsp3) is 0.308. The van der Waals surface area contributed by atoms with Gasteiger partial charge in [-0.15, -0.1) is 0 Å². The van der Waals surface area contributed by atoms with E-state index in [-0.39, 0.29) is 0 Å². The van der Waals surface area contributed by atoms with Gasteiger partial charge in [-0.05, 0) is 46.9 Å². The monoisotopic (exact) mass is 341 g/mol. The predicted molar refractivity (Wildman–Crippen MR) is 78.3 cm³/mol. The van der Waals surface area contributed by atoms with E-state index in [1.165, 1.54) is 3.57 Å². The van der Waals surface area contributed by atoms with Gasteiger partial charge >= 0.3 is 0 Å². The summed E-state index contributed by atoms with van der Waals surface area (Å²) in [5, 5.41) is 7.91. The molecule has 0 aliphatic rings. The summed E-state index contributed by atoms with van der Waals surface area (Å²) in [5.41, 5.74) is 2.17. The van der Waals surface area contributed by atoms with Gasteiger partial charge in [-0.25, -0.2) is 4.68 Å². The van der Waals surface area contributed by atoms with Gasteiger partial charge in [0.1, 0.15) is 0 Å². The van der Waals surface area contributed by atoms with Crippen LogP contribution >= 0.6 is 22.6 Å². The zero-order chi connectivity index (χ0) is 12.3. The molecule has 1 heterocycles. The van der Waals surface area contributed by atoms with Crippen molar-refractivity contribution in [2.24, 2.45) is 0 Å². The molecule has 90 valence electrons. The van der Waals surface area contributed by atoms with Gasteiger partial charge in [-0.1, -0.05) is 19.9 Å².